The van der Waals surface area contributed by atoms with Crippen LogP contribution in [0.4, 0.5) is 64.3 Å². The number of aromatic nitrogens is 18. The van der Waals surface area contributed by atoms with Crippen molar-refractivity contribution in [1.29, 1.82) is 0 Å². The number of nitrogen functional groups attached to an aromatic ring is 1. The number of aliphatic hydroxyl groups excluding tert-OH is 1. The van der Waals surface area contributed by atoms with Crippen LogP contribution in [-0.4, -0.2) is 117 Å². The number of anilines is 2. The number of nitrogens with one attached hydrogen (secondary N) is 1. The number of amides is 1. The van der Waals surface area contributed by atoms with E-state index >= 15 is 0 Å². The summed E-state index contributed by atoms with van der Waals surface area (Å²) in [5.74, 6) is -3.28. The lowest BCUT2D eigenvalue weighted by atomic mass is 10.1. The van der Waals surface area contributed by atoms with Crippen LogP contribution in [0.3, 0.4) is 0 Å². The van der Waals surface area contributed by atoms with Crippen LogP contribution in [0.5, 0.6) is 0 Å². The molecule has 16 rings (SSSR count). The Hall–Kier alpha value is -12.6. The molecule has 0 saturated heterocycles. The van der Waals surface area contributed by atoms with Crippen LogP contribution in [0.25, 0.3) is 45.8 Å². The zero-order chi connectivity index (χ0) is 83.5. The first kappa shape index (κ1) is 84.3. The highest BCUT2D eigenvalue weighted by Gasteiger charge is 2.32. The average Bonchev–Trinajstić information content (AvgIpc) is 1.60. The predicted molar refractivity (Wildman–Crippen MR) is 400 cm³/mol. The third-order valence-corrected chi connectivity index (χ3v) is 18.6. The van der Waals surface area contributed by atoms with Gasteiger partial charge in [-0.15, -0.1) is 10.2 Å². The van der Waals surface area contributed by atoms with Gasteiger partial charge in [-0.25, -0.2) is 96.7 Å². The van der Waals surface area contributed by atoms with Crippen LogP contribution in [0.1, 0.15) is 243 Å². The largest absolute Gasteiger partial charge is 0.478 e. The van der Waals surface area contributed by atoms with Gasteiger partial charge in [0.2, 0.25) is 11.6 Å². The molecule has 0 atom stereocenters. The van der Waals surface area contributed by atoms with E-state index in [1.165, 1.54) is 61.3 Å². The van der Waals surface area contributed by atoms with E-state index in [0.717, 1.165) is 98.4 Å². The molecule has 116 heavy (non-hydrogen) atoms. The minimum Gasteiger partial charge on any atom is -0.478 e. The number of halogens is 12. The quantitative estimate of drug-likeness (QED) is 0.0295. The molecule has 4 aliphatic rings. The highest BCUT2D eigenvalue weighted by Crippen LogP contribution is 2.44. The number of imidazole rings is 4. The van der Waals surface area contributed by atoms with E-state index in [2.05, 4.69) is 86.2 Å². The SMILES string of the molecule is CC(C)n1nnnc1-c1cccc(N)n1.CC(C)n1nnnc1-c1cccc(NC(=O)c2cc(-n3cnc(C4CC4)c3)c(C(F)F)cc2F)n1.CC=C(C)C.O=C(O)c1cc(-n2cnc(C3CC3)c2)c(C(F)F)cc1F.O=Cc1cc(-n2cnc(C3CC3)c2)c(C(F)F)cc1F.OCc1cc(-n2cnc(C3CC3)c2)c(C(F)F)cc1F. The number of hydrogen-bond donors (Lipinski definition) is 4. The molecule has 4 fully saturated rings. The van der Waals surface area contributed by atoms with Gasteiger partial charge in [-0.05, 0) is 193 Å². The van der Waals surface area contributed by atoms with Crippen molar-refractivity contribution in [3.8, 4) is 45.8 Å². The molecule has 5 N–H and O–H groups in total. The predicted octanol–water partition coefficient (Wildman–Crippen LogP) is 18.1. The van der Waals surface area contributed by atoms with Crippen LogP contribution in [0.15, 0.2) is 147 Å². The zero-order valence-corrected chi connectivity index (χ0v) is 63.3. The Morgan fingerprint density at radius 2 is 0.879 bits per heavy atom. The van der Waals surface area contributed by atoms with E-state index in [9.17, 15) is 67.1 Å². The van der Waals surface area contributed by atoms with Crippen molar-refractivity contribution in [3.05, 3.63) is 237 Å². The Balaban J connectivity index is 0.000000145. The van der Waals surface area contributed by atoms with E-state index < -0.39 is 101 Å². The second-order valence-corrected chi connectivity index (χ2v) is 28.2. The maximum Gasteiger partial charge on any atom is 0.338 e. The number of carbonyl (C=O) groups excluding carboxylic acids is 2. The molecule has 4 aliphatic carbocycles. The second-order valence-electron chi connectivity index (χ2n) is 28.2. The third kappa shape index (κ3) is 20.9. The fourth-order valence-electron chi connectivity index (χ4n) is 11.6. The smallest absolute Gasteiger partial charge is 0.338 e. The van der Waals surface area contributed by atoms with Gasteiger partial charge in [0.05, 0.1) is 106 Å². The van der Waals surface area contributed by atoms with Crippen LogP contribution in [0, 0.1) is 23.3 Å². The molecule has 0 radical (unpaired) electrons. The highest BCUT2D eigenvalue weighted by molar-refractivity contribution is 6.04. The van der Waals surface area contributed by atoms with E-state index in [1.54, 1.807) is 52.4 Å². The summed E-state index contributed by atoms with van der Waals surface area (Å²) >= 11 is 0. The molecule has 8 aromatic heterocycles. The molecule has 0 spiro atoms. The fraction of sp³-hybridized carbons (Fsp3) is 0.329. The van der Waals surface area contributed by atoms with Crippen LogP contribution in [0.2, 0.25) is 0 Å². The number of benzene rings is 4. The number of alkyl halides is 8. The molecular weight excluding hydrogens is 1540 g/mol. The Morgan fingerprint density at radius 1 is 0.517 bits per heavy atom. The van der Waals surface area contributed by atoms with Crippen molar-refractivity contribution < 1.29 is 77.3 Å². The van der Waals surface area contributed by atoms with Gasteiger partial charge in [0, 0.05) is 76.3 Å². The van der Waals surface area contributed by atoms with Crippen molar-refractivity contribution in [2.45, 2.75) is 168 Å². The Bertz CT molecular complexity index is 5480. The molecule has 25 nitrogen and oxygen atoms in total. The molecule has 8 heterocycles. The summed E-state index contributed by atoms with van der Waals surface area (Å²) in [5, 5.41) is 43.5. The van der Waals surface area contributed by atoms with Crippen molar-refractivity contribution in [3.63, 3.8) is 0 Å². The summed E-state index contributed by atoms with van der Waals surface area (Å²) in [6, 6.07) is 17.5. The molecule has 0 bridgehead atoms. The second kappa shape index (κ2) is 37.1. The summed E-state index contributed by atoms with van der Waals surface area (Å²) in [4.78, 5) is 60.0. The first-order valence-electron chi connectivity index (χ1n) is 36.5. The summed E-state index contributed by atoms with van der Waals surface area (Å²) in [7, 11) is 0. The monoisotopic (exact) mass is 1610 g/mol. The fourth-order valence-corrected chi connectivity index (χ4v) is 11.6. The molecule has 0 aliphatic heterocycles. The van der Waals surface area contributed by atoms with Gasteiger partial charge in [-0.1, -0.05) is 23.8 Å². The number of hydrogen-bond acceptors (Lipinski definition) is 17. The lowest BCUT2D eigenvalue weighted by Gasteiger charge is -2.13. The van der Waals surface area contributed by atoms with Gasteiger partial charge >= 0.3 is 5.97 Å². The van der Waals surface area contributed by atoms with E-state index in [4.69, 9.17) is 15.9 Å². The Morgan fingerprint density at radius 3 is 1.24 bits per heavy atom. The molecule has 4 saturated carbocycles. The number of tetrazole rings is 2. The molecule has 0 unspecified atom stereocenters. The summed E-state index contributed by atoms with van der Waals surface area (Å²) in [5.41, 5.74) is 8.26. The number of nitrogens with zero attached hydrogens (tertiary/aromatic N) is 18. The van der Waals surface area contributed by atoms with Gasteiger partial charge in [-0.2, -0.15) is 0 Å². The normalized spacial score (nSPS) is 13.6. The van der Waals surface area contributed by atoms with E-state index in [-0.39, 0.29) is 51.8 Å². The number of aldehydes is 1. The van der Waals surface area contributed by atoms with Crippen molar-refractivity contribution in [2.75, 3.05) is 11.1 Å². The Labute approximate surface area is 655 Å². The van der Waals surface area contributed by atoms with Crippen LogP contribution in [-0.2, 0) is 6.61 Å². The molecule has 608 valence electrons. The summed E-state index contributed by atoms with van der Waals surface area (Å²) < 4.78 is 170. The Kier molecular flexibility index (Phi) is 27.0. The summed E-state index contributed by atoms with van der Waals surface area (Å²) in [6.45, 7) is 13.5. The zero-order valence-electron chi connectivity index (χ0n) is 63.3. The van der Waals surface area contributed by atoms with Crippen LogP contribution < -0.4 is 11.1 Å². The molecule has 4 aromatic carbocycles. The first-order valence-corrected chi connectivity index (χ1v) is 36.5. The summed E-state index contributed by atoms with van der Waals surface area (Å²) in [6.07, 6.45) is 11.3. The van der Waals surface area contributed by atoms with Crippen molar-refractivity contribution >= 4 is 29.8 Å². The first-order chi connectivity index (χ1) is 55.4. The molecule has 12 aromatic rings. The number of allylic oxidation sites excluding steroid dienone is 2. The topological polar surface area (TPSA) is 314 Å². The molecule has 1 amide bonds. The minimum absolute atomic E-state index is 0.00827. The third-order valence-electron chi connectivity index (χ3n) is 18.6. The number of aromatic carboxylic acids is 1. The standard InChI is InChI=1S/C23H21F3N8O.C14H11F3N2O2.C14H13F3N2O.C14H11F3N2O.C9H12N6.C5H10/c1-12(2)34-22(30-31-32-34)17-4-3-5-20(28-17)29-23(35)14-9-19(15(21(25)26)8-16(14)24)33-10-18(27-11-33)13-6-7-13;15-10-3-9(13(16)17)12(4-8(10)14(20)21)19-5-11(18-6-19)7-1-2-7;2*15-11-4-10(14(16)17)13(3-9(11)6-20)19-5-12(18-7-19)8-1-2-8;1-6(2)15-9(12-13-14-15)7-4-3-5-8(10)11-7;1-4-5(2)3/h3-5,8-13,21H,6-7H2,1-2H3,(H,28,29,35);3-7,13H,1-2H2,(H,20,21);3-5,7-8,14,20H,1-2,6H2;3-8,14H,1-2H2;3-6H,1-2H3,(H2,10,11);4H,1-3H3. The number of pyridine rings is 2. The van der Waals surface area contributed by atoms with Crippen molar-refractivity contribution in [2.24, 2.45) is 0 Å². The van der Waals surface area contributed by atoms with Crippen LogP contribution >= 0.6 is 0 Å². The number of rotatable bonds is 21. The van der Waals surface area contributed by atoms with E-state index in [0.29, 0.717) is 77.0 Å². The lowest BCUT2D eigenvalue weighted by molar-refractivity contribution is 0.0690. The average molecular weight is 1620 g/mol. The number of aliphatic hydroxyl groups is 1. The number of carboxylic acid groups (broad SMARTS) is 1. The number of carboxylic acids is 1. The van der Waals surface area contributed by atoms with Crippen molar-refractivity contribution in [1.82, 2.24) is 88.6 Å². The maximum absolute atomic E-state index is 14.8. The maximum atomic E-state index is 14.8. The van der Waals surface area contributed by atoms with Gasteiger partial charge in [-0.3, -0.25) is 9.59 Å². The minimum atomic E-state index is -2.94. The molecule has 37 heteroatoms. The lowest BCUT2D eigenvalue weighted by Crippen LogP contribution is -2.16. The van der Waals surface area contributed by atoms with Gasteiger partial charge in [0.1, 0.15) is 46.3 Å². The van der Waals surface area contributed by atoms with Gasteiger partial charge in [0.15, 0.2) is 6.29 Å². The van der Waals surface area contributed by atoms with Gasteiger partial charge in [0.25, 0.3) is 31.6 Å². The van der Waals surface area contributed by atoms with E-state index in [1.807, 2.05) is 46.8 Å². The molecular formula is C79H78F12N20O5. The highest BCUT2D eigenvalue weighted by atomic mass is 19.3. The van der Waals surface area contributed by atoms with Gasteiger partial charge < -0.3 is 39.5 Å². The number of nitrogens with two attached hydrogens (primary N) is 1. The number of carbonyl (C=O) groups is 3.